The third-order valence-corrected chi connectivity index (χ3v) is 6.24. The molecule has 2 fully saturated rings. The second-order valence-electron chi connectivity index (χ2n) is 8.63. The summed E-state index contributed by atoms with van der Waals surface area (Å²) >= 11 is 0. The van der Waals surface area contributed by atoms with Crippen molar-refractivity contribution in [1.29, 1.82) is 0 Å². The number of carbonyl (C=O) groups is 2. The van der Waals surface area contributed by atoms with Crippen LogP contribution in [0.2, 0.25) is 0 Å². The number of ether oxygens (including phenoxy) is 1. The zero-order valence-electron chi connectivity index (χ0n) is 18.8. The molecule has 7 nitrogen and oxygen atoms in total. The first-order valence-corrected chi connectivity index (χ1v) is 11.4. The van der Waals surface area contributed by atoms with E-state index < -0.39 is 0 Å². The van der Waals surface area contributed by atoms with Gasteiger partial charge in [0.2, 0.25) is 5.91 Å². The van der Waals surface area contributed by atoms with Crippen LogP contribution in [0.1, 0.15) is 42.9 Å². The number of nitrogens with one attached hydrogen (secondary N) is 3. The summed E-state index contributed by atoms with van der Waals surface area (Å²) in [6.07, 6.45) is 4.23. The normalized spacial score (nSPS) is 16.9. The average molecular weight is 437 g/mol. The molecule has 1 saturated heterocycles. The van der Waals surface area contributed by atoms with Crippen molar-refractivity contribution in [1.82, 2.24) is 10.2 Å². The van der Waals surface area contributed by atoms with Crippen LogP contribution in [0.4, 0.5) is 16.2 Å². The van der Waals surface area contributed by atoms with E-state index in [4.69, 9.17) is 4.74 Å². The third-order valence-electron chi connectivity index (χ3n) is 6.24. The smallest absolute Gasteiger partial charge is 0.319 e. The van der Waals surface area contributed by atoms with Gasteiger partial charge in [-0.05, 0) is 69.5 Å². The lowest BCUT2D eigenvalue weighted by atomic mass is 10.0. The van der Waals surface area contributed by atoms with Crippen molar-refractivity contribution in [2.24, 2.45) is 5.92 Å². The Kier molecular flexibility index (Phi) is 6.95. The quantitative estimate of drug-likeness (QED) is 0.576. The number of hydrogen-bond acceptors (Lipinski definition) is 4. The zero-order valence-corrected chi connectivity index (χ0v) is 18.8. The van der Waals surface area contributed by atoms with E-state index in [0.717, 1.165) is 55.6 Å². The fourth-order valence-corrected chi connectivity index (χ4v) is 4.21. The lowest BCUT2D eigenvalue weighted by molar-refractivity contribution is -0.117. The van der Waals surface area contributed by atoms with E-state index in [9.17, 15) is 9.59 Å². The Bertz CT molecular complexity index is 967. The lowest BCUT2D eigenvalue weighted by Crippen LogP contribution is -2.38. The summed E-state index contributed by atoms with van der Waals surface area (Å²) in [4.78, 5) is 27.2. The van der Waals surface area contributed by atoms with Gasteiger partial charge in [-0.25, -0.2) is 4.79 Å². The summed E-state index contributed by atoms with van der Waals surface area (Å²) in [6.45, 7) is 4.43. The summed E-state index contributed by atoms with van der Waals surface area (Å²) < 4.78 is 5.58. The molecule has 1 saturated carbocycles. The Balaban J connectivity index is 1.41. The molecule has 0 radical (unpaired) electrons. The third kappa shape index (κ3) is 5.40. The van der Waals surface area contributed by atoms with E-state index in [0.29, 0.717) is 17.9 Å². The van der Waals surface area contributed by atoms with Crippen LogP contribution in [0, 0.1) is 12.8 Å². The Morgan fingerprint density at radius 3 is 2.56 bits per heavy atom. The summed E-state index contributed by atoms with van der Waals surface area (Å²) in [5.74, 6) is 1.02. The van der Waals surface area contributed by atoms with Crippen molar-refractivity contribution in [3.63, 3.8) is 0 Å². The summed E-state index contributed by atoms with van der Waals surface area (Å²) in [5.41, 5.74) is 3.40. The van der Waals surface area contributed by atoms with Crippen LogP contribution in [0.15, 0.2) is 42.5 Å². The van der Waals surface area contributed by atoms with Crippen LogP contribution < -0.4 is 20.7 Å². The van der Waals surface area contributed by atoms with Gasteiger partial charge in [0.1, 0.15) is 5.75 Å². The van der Waals surface area contributed by atoms with Gasteiger partial charge in [-0.3, -0.25) is 9.69 Å². The number of anilines is 2. The molecule has 1 atom stereocenters. The largest absolute Gasteiger partial charge is 0.496 e. The van der Waals surface area contributed by atoms with Crippen molar-refractivity contribution in [3.8, 4) is 5.75 Å². The molecule has 4 rings (SSSR count). The number of hydrogen-bond donors (Lipinski definition) is 3. The van der Waals surface area contributed by atoms with Crippen LogP contribution in [-0.4, -0.2) is 43.6 Å². The molecular weight excluding hydrogens is 404 g/mol. The molecule has 1 unspecified atom stereocenters. The molecule has 170 valence electrons. The van der Waals surface area contributed by atoms with Crippen LogP contribution in [0.5, 0.6) is 5.75 Å². The highest BCUT2D eigenvalue weighted by Gasteiger charge is 2.29. The minimum atomic E-state index is -0.266. The van der Waals surface area contributed by atoms with Gasteiger partial charge in [-0.15, -0.1) is 0 Å². The second-order valence-corrected chi connectivity index (χ2v) is 8.63. The van der Waals surface area contributed by atoms with Crippen LogP contribution in [0.25, 0.3) is 0 Å². The van der Waals surface area contributed by atoms with Gasteiger partial charge in [0, 0.05) is 29.4 Å². The van der Waals surface area contributed by atoms with Crippen molar-refractivity contribution in [2.75, 3.05) is 37.4 Å². The van der Waals surface area contributed by atoms with Crippen molar-refractivity contribution < 1.29 is 14.3 Å². The predicted molar refractivity (Wildman–Crippen MR) is 126 cm³/mol. The number of rotatable bonds is 8. The van der Waals surface area contributed by atoms with Crippen LogP contribution in [0.3, 0.4) is 0 Å². The number of methoxy groups -OCH3 is 1. The molecule has 1 aliphatic heterocycles. The minimum absolute atomic E-state index is 0.0460. The molecule has 7 heteroatoms. The van der Waals surface area contributed by atoms with Gasteiger partial charge in [-0.1, -0.05) is 24.3 Å². The van der Waals surface area contributed by atoms with Crippen molar-refractivity contribution >= 4 is 23.3 Å². The molecule has 2 aromatic rings. The Morgan fingerprint density at radius 2 is 1.84 bits per heavy atom. The van der Waals surface area contributed by atoms with E-state index in [-0.39, 0.29) is 23.9 Å². The first kappa shape index (κ1) is 22.1. The number of carbonyl (C=O) groups excluding carboxylic acids is 2. The Morgan fingerprint density at radius 1 is 1.09 bits per heavy atom. The molecule has 3 amide bonds. The standard InChI is InChI=1S/C25H32N4O3/c1-17-9-12-19(27-24(30)18-10-11-18)15-21(17)28-25(31)26-16-22(29-13-5-6-14-29)20-7-3-4-8-23(20)32-2/h3-4,7-9,12,15,18,22H,5-6,10-11,13-14,16H2,1-2H3,(H,27,30)(H2,26,28,31). The van der Waals surface area contributed by atoms with Crippen LogP contribution in [-0.2, 0) is 4.79 Å². The van der Waals surface area contributed by atoms with Crippen LogP contribution >= 0.6 is 0 Å². The number of para-hydroxylation sites is 1. The number of aryl methyl sites for hydroxylation is 1. The highest BCUT2D eigenvalue weighted by molar-refractivity contribution is 5.96. The van der Waals surface area contributed by atoms with E-state index in [1.165, 1.54) is 0 Å². The van der Waals surface area contributed by atoms with Crippen molar-refractivity contribution in [2.45, 2.75) is 38.6 Å². The number of likely N-dealkylation sites (tertiary alicyclic amines) is 1. The topological polar surface area (TPSA) is 82.7 Å². The first-order chi connectivity index (χ1) is 15.5. The monoisotopic (exact) mass is 436 g/mol. The molecular formula is C25H32N4O3. The lowest BCUT2D eigenvalue weighted by Gasteiger charge is -2.29. The highest BCUT2D eigenvalue weighted by atomic mass is 16.5. The molecule has 2 aliphatic rings. The van der Waals surface area contributed by atoms with Gasteiger partial charge in [0.15, 0.2) is 0 Å². The number of benzene rings is 2. The number of nitrogens with zero attached hydrogens (tertiary/aromatic N) is 1. The molecule has 32 heavy (non-hydrogen) atoms. The highest BCUT2D eigenvalue weighted by Crippen LogP contribution is 2.32. The van der Waals surface area contributed by atoms with E-state index in [2.05, 4.69) is 26.9 Å². The molecule has 1 aliphatic carbocycles. The first-order valence-electron chi connectivity index (χ1n) is 11.4. The number of amides is 3. The summed E-state index contributed by atoms with van der Waals surface area (Å²) in [5, 5.41) is 8.92. The fraction of sp³-hybridized carbons (Fsp3) is 0.440. The maximum absolute atomic E-state index is 12.8. The van der Waals surface area contributed by atoms with Gasteiger partial charge in [-0.2, -0.15) is 0 Å². The summed E-state index contributed by atoms with van der Waals surface area (Å²) in [6, 6.07) is 13.4. The molecule has 2 aromatic carbocycles. The predicted octanol–water partition coefficient (Wildman–Crippen LogP) is 4.31. The van der Waals surface area contributed by atoms with Gasteiger partial charge >= 0.3 is 6.03 Å². The second kappa shape index (κ2) is 10.0. The Hall–Kier alpha value is -3.06. The Labute approximate surface area is 189 Å². The summed E-state index contributed by atoms with van der Waals surface area (Å²) in [7, 11) is 1.68. The molecule has 0 bridgehead atoms. The maximum atomic E-state index is 12.8. The average Bonchev–Trinajstić information content (AvgIpc) is 3.52. The zero-order chi connectivity index (χ0) is 22.5. The van der Waals surface area contributed by atoms with Gasteiger partial charge in [0.05, 0.1) is 13.2 Å². The maximum Gasteiger partial charge on any atom is 0.319 e. The molecule has 0 spiro atoms. The van der Waals surface area contributed by atoms with Gasteiger partial charge < -0.3 is 20.7 Å². The molecule has 1 heterocycles. The minimum Gasteiger partial charge on any atom is -0.496 e. The fourth-order valence-electron chi connectivity index (χ4n) is 4.21. The van der Waals surface area contributed by atoms with E-state index in [1.807, 2.05) is 43.3 Å². The number of urea groups is 1. The van der Waals surface area contributed by atoms with E-state index >= 15 is 0 Å². The SMILES string of the molecule is COc1ccccc1C(CNC(=O)Nc1cc(NC(=O)C2CC2)ccc1C)N1CCCC1. The van der Waals surface area contributed by atoms with E-state index in [1.54, 1.807) is 7.11 Å². The van der Waals surface area contributed by atoms with Gasteiger partial charge in [0.25, 0.3) is 0 Å². The van der Waals surface area contributed by atoms with Crippen molar-refractivity contribution in [3.05, 3.63) is 53.6 Å². The molecule has 3 N–H and O–H groups in total. The molecule has 0 aromatic heterocycles.